The fourth-order valence-electron chi connectivity index (χ4n) is 3.15. The number of fused-ring (bicyclic) bond motifs is 1. The topological polar surface area (TPSA) is 62.2 Å². The minimum Gasteiger partial charge on any atom is -0.387 e. The van der Waals surface area contributed by atoms with Crippen LogP contribution in [0.3, 0.4) is 0 Å². The number of rotatable bonds is 3. The number of carbonyl (C=O) groups is 1. The third-order valence-corrected chi connectivity index (χ3v) is 4.99. The van der Waals surface area contributed by atoms with Gasteiger partial charge in [0.25, 0.3) is 0 Å². The average Bonchev–Trinajstić information content (AvgIpc) is 2.54. The van der Waals surface area contributed by atoms with Gasteiger partial charge in [-0.05, 0) is 54.7 Å². The number of carbonyl (C=O) groups excluding carboxylic acids is 1. The number of aliphatic hydroxyl groups excluding tert-OH is 1. The zero-order chi connectivity index (χ0) is 17.3. The van der Waals surface area contributed by atoms with E-state index in [0.717, 1.165) is 16.7 Å². The maximum absolute atomic E-state index is 12.6. The lowest BCUT2D eigenvalue weighted by Gasteiger charge is -2.27. The molecule has 0 spiro atoms. The zero-order valence-electron chi connectivity index (χ0n) is 13.2. The molecule has 0 aliphatic heterocycles. The predicted molar refractivity (Wildman–Crippen MR) is 94.2 cm³/mol. The van der Waals surface area contributed by atoms with Crippen molar-refractivity contribution in [2.24, 2.45) is 0 Å². The molecule has 126 valence electrons. The fraction of sp³-hybridized carbons (Fsp3) is 0.333. The van der Waals surface area contributed by atoms with Crippen LogP contribution in [-0.4, -0.2) is 16.0 Å². The normalized spacial score (nSPS) is 19.7. The SMILES string of the molecule is Cc1cc(Cl)cc(Cl)c1CNC(=O)C1CC[C@H](O)c2ncccc21. The Labute approximate surface area is 150 Å². The summed E-state index contributed by atoms with van der Waals surface area (Å²) in [7, 11) is 0. The van der Waals surface area contributed by atoms with Crippen LogP contribution in [-0.2, 0) is 11.3 Å². The van der Waals surface area contributed by atoms with Crippen LogP contribution in [0, 0.1) is 6.92 Å². The first-order valence-electron chi connectivity index (χ1n) is 7.82. The Balaban J connectivity index is 1.76. The Bertz CT molecular complexity index is 756. The Hall–Kier alpha value is -1.62. The van der Waals surface area contributed by atoms with Crippen LogP contribution < -0.4 is 5.32 Å². The molecule has 0 saturated heterocycles. The quantitative estimate of drug-likeness (QED) is 0.867. The summed E-state index contributed by atoms with van der Waals surface area (Å²) in [5.74, 6) is -0.384. The molecule has 0 radical (unpaired) electrons. The van der Waals surface area contributed by atoms with Gasteiger partial charge in [0.15, 0.2) is 0 Å². The lowest BCUT2D eigenvalue weighted by Crippen LogP contribution is -2.32. The molecule has 1 unspecified atom stereocenters. The van der Waals surface area contributed by atoms with E-state index in [1.54, 1.807) is 18.3 Å². The maximum Gasteiger partial charge on any atom is 0.227 e. The second kappa shape index (κ2) is 7.09. The molecule has 1 amide bonds. The van der Waals surface area contributed by atoms with E-state index in [9.17, 15) is 9.90 Å². The van der Waals surface area contributed by atoms with Gasteiger partial charge in [-0.15, -0.1) is 0 Å². The summed E-state index contributed by atoms with van der Waals surface area (Å²) in [5.41, 5.74) is 3.20. The van der Waals surface area contributed by atoms with Crippen LogP contribution >= 0.6 is 23.2 Å². The molecule has 1 aromatic heterocycles. The molecular weight excluding hydrogens is 347 g/mol. The summed E-state index contributed by atoms with van der Waals surface area (Å²) >= 11 is 12.2. The number of aliphatic hydroxyl groups is 1. The number of aromatic nitrogens is 1. The average molecular weight is 365 g/mol. The van der Waals surface area contributed by atoms with Gasteiger partial charge in [-0.1, -0.05) is 29.3 Å². The van der Waals surface area contributed by atoms with E-state index in [1.807, 2.05) is 19.1 Å². The number of benzene rings is 1. The standard InChI is InChI=1S/C18H18Cl2N2O2/c1-10-7-11(19)8-15(20)14(10)9-22-18(24)13-4-5-16(23)17-12(13)3-2-6-21-17/h2-3,6-8,13,16,23H,4-5,9H2,1H3,(H,22,24)/t13?,16-/m0/s1. The molecule has 1 heterocycles. The first-order chi connectivity index (χ1) is 11.5. The van der Waals surface area contributed by atoms with E-state index < -0.39 is 6.10 Å². The van der Waals surface area contributed by atoms with Gasteiger partial charge in [0.1, 0.15) is 0 Å². The molecule has 0 fully saturated rings. The second-order valence-corrected chi connectivity index (χ2v) is 6.87. The molecular formula is C18H18Cl2N2O2. The number of pyridine rings is 1. The molecule has 2 atom stereocenters. The van der Waals surface area contributed by atoms with Gasteiger partial charge in [-0.25, -0.2) is 0 Å². The Morgan fingerprint density at radius 2 is 2.17 bits per heavy atom. The van der Waals surface area contributed by atoms with Crippen LogP contribution in [0.4, 0.5) is 0 Å². The molecule has 1 aromatic carbocycles. The molecule has 2 aromatic rings. The monoisotopic (exact) mass is 364 g/mol. The van der Waals surface area contributed by atoms with E-state index in [4.69, 9.17) is 23.2 Å². The summed E-state index contributed by atoms with van der Waals surface area (Å²) in [5, 5.41) is 14.1. The van der Waals surface area contributed by atoms with E-state index in [0.29, 0.717) is 35.1 Å². The first kappa shape index (κ1) is 17.2. The number of amides is 1. The summed E-state index contributed by atoms with van der Waals surface area (Å²) < 4.78 is 0. The van der Waals surface area contributed by atoms with Crippen LogP contribution in [0.1, 0.15) is 47.2 Å². The summed E-state index contributed by atoms with van der Waals surface area (Å²) in [6.45, 7) is 2.25. The fourth-order valence-corrected chi connectivity index (χ4v) is 3.81. The maximum atomic E-state index is 12.6. The van der Waals surface area contributed by atoms with Gasteiger partial charge in [-0.3, -0.25) is 9.78 Å². The summed E-state index contributed by atoms with van der Waals surface area (Å²) in [4.78, 5) is 16.9. The van der Waals surface area contributed by atoms with Crippen molar-refractivity contribution < 1.29 is 9.90 Å². The highest BCUT2D eigenvalue weighted by Gasteiger charge is 2.31. The smallest absolute Gasteiger partial charge is 0.227 e. The molecule has 2 N–H and O–H groups in total. The van der Waals surface area contributed by atoms with Crippen LogP contribution in [0.25, 0.3) is 0 Å². The third kappa shape index (κ3) is 3.41. The molecule has 6 heteroatoms. The van der Waals surface area contributed by atoms with Crippen molar-refractivity contribution in [3.8, 4) is 0 Å². The lowest BCUT2D eigenvalue weighted by molar-refractivity contribution is -0.123. The third-order valence-electron chi connectivity index (χ3n) is 4.43. The van der Waals surface area contributed by atoms with Crippen LogP contribution in [0.15, 0.2) is 30.5 Å². The Kier molecular flexibility index (Phi) is 5.09. The van der Waals surface area contributed by atoms with E-state index in [1.165, 1.54) is 0 Å². The largest absolute Gasteiger partial charge is 0.387 e. The molecule has 4 nitrogen and oxygen atoms in total. The van der Waals surface area contributed by atoms with Crippen molar-refractivity contribution in [3.05, 3.63) is 62.9 Å². The molecule has 24 heavy (non-hydrogen) atoms. The van der Waals surface area contributed by atoms with Gasteiger partial charge >= 0.3 is 0 Å². The summed E-state index contributed by atoms with van der Waals surface area (Å²) in [6, 6.07) is 7.14. The van der Waals surface area contributed by atoms with Crippen molar-refractivity contribution in [2.45, 2.75) is 38.3 Å². The van der Waals surface area contributed by atoms with Crippen molar-refractivity contribution in [1.82, 2.24) is 10.3 Å². The number of halogens is 2. The van der Waals surface area contributed by atoms with Gasteiger partial charge in [0.2, 0.25) is 5.91 Å². The molecule has 0 saturated carbocycles. The van der Waals surface area contributed by atoms with E-state index in [2.05, 4.69) is 10.3 Å². The second-order valence-electron chi connectivity index (χ2n) is 6.02. The molecule has 0 bridgehead atoms. The first-order valence-corrected chi connectivity index (χ1v) is 8.58. The van der Waals surface area contributed by atoms with Gasteiger partial charge in [0, 0.05) is 22.8 Å². The minimum atomic E-state index is -0.599. The highest BCUT2D eigenvalue weighted by atomic mass is 35.5. The lowest BCUT2D eigenvalue weighted by atomic mass is 9.83. The van der Waals surface area contributed by atoms with Crippen molar-refractivity contribution >= 4 is 29.1 Å². The van der Waals surface area contributed by atoms with E-state index >= 15 is 0 Å². The van der Waals surface area contributed by atoms with Gasteiger partial charge in [0.05, 0.1) is 17.7 Å². The van der Waals surface area contributed by atoms with Crippen molar-refractivity contribution in [1.29, 1.82) is 0 Å². The Morgan fingerprint density at radius 3 is 2.92 bits per heavy atom. The Morgan fingerprint density at radius 1 is 1.38 bits per heavy atom. The van der Waals surface area contributed by atoms with Crippen molar-refractivity contribution in [2.75, 3.05) is 0 Å². The minimum absolute atomic E-state index is 0.0819. The molecule has 1 aliphatic rings. The summed E-state index contributed by atoms with van der Waals surface area (Å²) in [6.07, 6.45) is 2.17. The van der Waals surface area contributed by atoms with Crippen LogP contribution in [0.5, 0.6) is 0 Å². The predicted octanol–water partition coefficient (Wildman–Crippen LogP) is 3.92. The number of hydrogen-bond donors (Lipinski definition) is 2. The highest BCUT2D eigenvalue weighted by Crippen LogP contribution is 2.36. The number of nitrogens with zero attached hydrogens (tertiary/aromatic N) is 1. The number of aryl methyl sites for hydroxylation is 1. The van der Waals surface area contributed by atoms with Gasteiger partial charge in [-0.2, -0.15) is 0 Å². The molecule has 1 aliphatic carbocycles. The number of hydrogen-bond acceptors (Lipinski definition) is 3. The number of nitrogens with one attached hydrogen (secondary N) is 1. The van der Waals surface area contributed by atoms with Gasteiger partial charge < -0.3 is 10.4 Å². The highest BCUT2D eigenvalue weighted by molar-refractivity contribution is 6.35. The molecule has 3 rings (SSSR count). The van der Waals surface area contributed by atoms with Crippen LogP contribution in [0.2, 0.25) is 10.0 Å². The zero-order valence-corrected chi connectivity index (χ0v) is 14.7. The van der Waals surface area contributed by atoms with Crippen molar-refractivity contribution in [3.63, 3.8) is 0 Å². The van der Waals surface area contributed by atoms with E-state index in [-0.39, 0.29) is 11.8 Å².